The van der Waals surface area contributed by atoms with E-state index in [1.807, 2.05) is 0 Å². The monoisotopic (exact) mass is 217 g/mol. The maximum absolute atomic E-state index is 11.3. The first-order valence-electron chi connectivity index (χ1n) is 5.97. The summed E-state index contributed by atoms with van der Waals surface area (Å²) < 4.78 is 0. The number of carbonyl (C=O) groups excluding carboxylic acids is 1. The molecule has 0 spiro atoms. The summed E-state index contributed by atoms with van der Waals surface area (Å²) in [5.41, 5.74) is 2.63. The summed E-state index contributed by atoms with van der Waals surface area (Å²) in [7, 11) is 0. The average molecular weight is 217 g/mol. The van der Waals surface area contributed by atoms with Crippen molar-refractivity contribution in [3.8, 4) is 0 Å². The molecule has 0 aromatic heterocycles. The minimum Gasteiger partial charge on any atom is -0.353 e. The van der Waals surface area contributed by atoms with E-state index in [9.17, 15) is 4.79 Å². The molecule has 2 heteroatoms. The van der Waals surface area contributed by atoms with E-state index in [1.165, 1.54) is 11.1 Å². The number of rotatable bonds is 2. The topological polar surface area (TPSA) is 29.1 Å². The van der Waals surface area contributed by atoms with E-state index in [0.717, 1.165) is 0 Å². The van der Waals surface area contributed by atoms with E-state index < -0.39 is 0 Å². The molecule has 2 nitrogen and oxygen atoms in total. The molecular formula is C14H19NO. The predicted molar refractivity (Wildman–Crippen MR) is 65.5 cm³/mol. The van der Waals surface area contributed by atoms with Crippen LogP contribution in [0.4, 0.5) is 0 Å². The second-order valence-electron chi connectivity index (χ2n) is 4.99. The van der Waals surface area contributed by atoms with E-state index in [1.54, 1.807) is 0 Å². The molecule has 1 N–H and O–H groups in total. The van der Waals surface area contributed by atoms with Crippen molar-refractivity contribution in [2.24, 2.45) is 0 Å². The van der Waals surface area contributed by atoms with Gasteiger partial charge in [-0.2, -0.15) is 0 Å². The molecule has 1 saturated heterocycles. The van der Waals surface area contributed by atoms with Crippen LogP contribution in [-0.4, -0.2) is 11.9 Å². The third-order valence-electron chi connectivity index (χ3n) is 3.43. The molecule has 1 amide bonds. The van der Waals surface area contributed by atoms with Crippen LogP contribution >= 0.6 is 0 Å². The molecule has 2 rings (SSSR count). The van der Waals surface area contributed by atoms with Crippen molar-refractivity contribution in [3.05, 3.63) is 35.4 Å². The van der Waals surface area contributed by atoms with E-state index in [-0.39, 0.29) is 11.9 Å². The number of hydrogen-bond donors (Lipinski definition) is 1. The van der Waals surface area contributed by atoms with Gasteiger partial charge in [-0.05, 0) is 24.0 Å². The fraction of sp³-hybridized carbons (Fsp3) is 0.500. The zero-order valence-electron chi connectivity index (χ0n) is 10.2. The maximum Gasteiger partial charge on any atom is 0.220 e. The molecular weight excluding hydrogens is 198 g/mol. The Kier molecular flexibility index (Phi) is 2.99. The molecule has 0 radical (unpaired) electrons. The standard InChI is InChI=1S/C14H19NO/c1-9(2)11-4-6-12(7-5-11)13-8-14(16)15-10(13)3/h4-7,9-10,13H,8H2,1-3H3,(H,15,16). The van der Waals surface area contributed by atoms with Gasteiger partial charge in [0.05, 0.1) is 0 Å². The van der Waals surface area contributed by atoms with Crippen LogP contribution in [0.25, 0.3) is 0 Å². The molecule has 0 saturated carbocycles. The van der Waals surface area contributed by atoms with Gasteiger partial charge in [0.15, 0.2) is 0 Å². The number of carbonyl (C=O) groups is 1. The van der Waals surface area contributed by atoms with E-state index in [0.29, 0.717) is 18.3 Å². The molecule has 1 aliphatic heterocycles. The highest BCUT2D eigenvalue weighted by atomic mass is 16.1. The molecule has 1 aliphatic rings. The first kappa shape index (κ1) is 11.2. The van der Waals surface area contributed by atoms with Crippen molar-refractivity contribution < 1.29 is 4.79 Å². The Balaban J connectivity index is 2.19. The molecule has 86 valence electrons. The van der Waals surface area contributed by atoms with Crippen LogP contribution in [0.2, 0.25) is 0 Å². The van der Waals surface area contributed by atoms with Crippen molar-refractivity contribution in [1.29, 1.82) is 0 Å². The van der Waals surface area contributed by atoms with Crippen molar-refractivity contribution in [2.75, 3.05) is 0 Å². The van der Waals surface area contributed by atoms with Gasteiger partial charge in [-0.3, -0.25) is 4.79 Å². The van der Waals surface area contributed by atoms with Crippen LogP contribution in [0, 0.1) is 0 Å². The van der Waals surface area contributed by atoms with Crippen molar-refractivity contribution in [3.63, 3.8) is 0 Å². The molecule has 0 aliphatic carbocycles. The summed E-state index contributed by atoms with van der Waals surface area (Å²) in [6, 6.07) is 8.94. The molecule has 1 aromatic carbocycles. The minimum absolute atomic E-state index is 0.172. The van der Waals surface area contributed by atoms with Gasteiger partial charge in [0.1, 0.15) is 0 Å². The lowest BCUT2D eigenvalue weighted by Crippen LogP contribution is -2.24. The molecule has 0 bridgehead atoms. The maximum atomic E-state index is 11.3. The SMILES string of the molecule is CC(C)c1ccc(C2CC(=O)NC2C)cc1. The Morgan fingerprint density at radius 1 is 1.25 bits per heavy atom. The first-order chi connectivity index (χ1) is 7.58. The Morgan fingerprint density at radius 3 is 2.31 bits per heavy atom. The summed E-state index contributed by atoms with van der Waals surface area (Å²) in [6.45, 7) is 6.46. The van der Waals surface area contributed by atoms with Crippen molar-refractivity contribution in [2.45, 2.75) is 45.1 Å². The van der Waals surface area contributed by atoms with E-state index in [2.05, 4.69) is 50.4 Å². The van der Waals surface area contributed by atoms with Crippen molar-refractivity contribution in [1.82, 2.24) is 5.32 Å². The zero-order valence-corrected chi connectivity index (χ0v) is 10.2. The van der Waals surface area contributed by atoms with Crippen LogP contribution in [0.1, 0.15) is 50.2 Å². The van der Waals surface area contributed by atoms with Gasteiger partial charge >= 0.3 is 0 Å². The number of amides is 1. The van der Waals surface area contributed by atoms with Gasteiger partial charge in [-0.1, -0.05) is 38.1 Å². The van der Waals surface area contributed by atoms with Crippen LogP contribution in [0.5, 0.6) is 0 Å². The number of hydrogen-bond acceptors (Lipinski definition) is 1. The number of benzene rings is 1. The molecule has 16 heavy (non-hydrogen) atoms. The highest BCUT2D eigenvalue weighted by Gasteiger charge is 2.29. The second-order valence-corrected chi connectivity index (χ2v) is 4.99. The van der Waals surface area contributed by atoms with Gasteiger partial charge in [0.2, 0.25) is 5.91 Å². The van der Waals surface area contributed by atoms with Crippen LogP contribution in [0.3, 0.4) is 0 Å². The highest BCUT2D eigenvalue weighted by Crippen LogP contribution is 2.29. The Bertz CT molecular complexity index is 380. The molecule has 1 heterocycles. The first-order valence-corrected chi connectivity index (χ1v) is 5.97. The third-order valence-corrected chi connectivity index (χ3v) is 3.43. The predicted octanol–water partition coefficient (Wildman–Crippen LogP) is 2.80. The normalized spacial score (nSPS) is 24.9. The molecule has 2 atom stereocenters. The van der Waals surface area contributed by atoms with Gasteiger partial charge in [0.25, 0.3) is 0 Å². The minimum atomic E-state index is 0.172. The largest absolute Gasteiger partial charge is 0.353 e. The van der Waals surface area contributed by atoms with Gasteiger partial charge in [-0.25, -0.2) is 0 Å². The Labute approximate surface area is 97.1 Å². The quantitative estimate of drug-likeness (QED) is 0.811. The second kappa shape index (κ2) is 4.28. The van der Waals surface area contributed by atoms with Gasteiger partial charge in [-0.15, -0.1) is 0 Å². The number of nitrogens with one attached hydrogen (secondary N) is 1. The average Bonchev–Trinajstić information content (AvgIpc) is 2.58. The smallest absolute Gasteiger partial charge is 0.220 e. The Hall–Kier alpha value is -1.31. The lowest BCUT2D eigenvalue weighted by Gasteiger charge is -2.15. The lowest BCUT2D eigenvalue weighted by atomic mass is 9.91. The summed E-state index contributed by atoms with van der Waals surface area (Å²) >= 11 is 0. The van der Waals surface area contributed by atoms with Crippen LogP contribution in [0.15, 0.2) is 24.3 Å². The van der Waals surface area contributed by atoms with Crippen molar-refractivity contribution >= 4 is 5.91 Å². The summed E-state index contributed by atoms with van der Waals surface area (Å²) in [5.74, 6) is 1.08. The Morgan fingerprint density at radius 2 is 1.88 bits per heavy atom. The van der Waals surface area contributed by atoms with Gasteiger partial charge < -0.3 is 5.32 Å². The van der Waals surface area contributed by atoms with Crippen LogP contribution in [-0.2, 0) is 4.79 Å². The fourth-order valence-corrected chi connectivity index (χ4v) is 2.32. The highest BCUT2D eigenvalue weighted by molar-refractivity contribution is 5.80. The summed E-state index contributed by atoms with van der Waals surface area (Å²) in [6.07, 6.45) is 0.627. The summed E-state index contributed by atoms with van der Waals surface area (Å²) in [4.78, 5) is 11.3. The molecule has 2 unspecified atom stereocenters. The fourth-order valence-electron chi connectivity index (χ4n) is 2.32. The van der Waals surface area contributed by atoms with Crippen LogP contribution < -0.4 is 5.32 Å². The van der Waals surface area contributed by atoms with E-state index >= 15 is 0 Å². The van der Waals surface area contributed by atoms with E-state index in [4.69, 9.17) is 0 Å². The molecule has 1 fully saturated rings. The zero-order chi connectivity index (χ0) is 11.7. The third kappa shape index (κ3) is 2.11. The summed E-state index contributed by atoms with van der Waals surface area (Å²) in [5, 5.41) is 2.96. The molecule has 1 aromatic rings. The lowest BCUT2D eigenvalue weighted by molar-refractivity contribution is -0.119. The van der Waals surface area contributed by atoms with Gasteiger partial charge in [0, 0.05) is 18.4 Å².